The first-order valence-corrected chi connectivity index (χ1v) is 3.79. The largest absolute Gasteiger partial charge is 0.469 e. The van der Waals surface area contributed by atoms with E-state index < -0.39 is 0 Å². The molecule has 2 rings (SSSR count). The van der Waals surface area contributed by atoms with Crippen molar-refractivity contribution in [1.82, 2.24) is 0 Å². The molecular formula is C8H11NO2. The predicted octanol–water partition coefficient (Wildman–Crippen LogP) is 0.852. The van der Waals surface area contributed by atoms with Gasteiger partial charge in [-0.3, -0.25) is 0 Å². The van der Waals surface area contributed by atoms with E-state index in [1.54, 1.807) is 6.26 Å². The first kappa shape index (κ1) is 6.88. The van der Waals surface area contributed by atoms with E-state index >= 15 is 0 Å². The lowest BCUT2D eigenvalue weighted by molar-refractivity contribution is 0.0436. The molecular weight excluding hydrogens is 142 g/mol. The second-order valence-electron chi connectivity index (χ2n) is 2.64. The highest BCUT2D eigenvalue weighted by molar-refractivity contribution is 5.22. The molecule has 11 heavy (non-hydrogen) atoms. The molecule has 1 aliphatic rings. The highest BCUT2D eigenvalue weighted by Crippen LogP contribution is 2.26. The Kier molecular flexibility index (Phi) is 1.68. The summed E-state index contributed by atoms with van der Waals surface area (Å²) < 4.78 is 10.7. The smallest absolute Gasteiger partial charge is 0.111 e. The van der Waals surface area contributed by atoms with Crippen LogP contribution in [0.3, 0.4) is 0 Å². The minimum Gasteiger partial charge on any atom is -0.469 e. The van der Waals surface area contributed by atoms with Gasteiger partial charge in [0.05, 0.1) is 19.0 Å². The van der Waals surface area contributed by atoms with E-state index in [9.17, 15) is 0 Å². The van der Waals surface area contributed by atoms with Gasteiger partial charge in [-0.05, 0) is 6.07 Å². The molecule has 1 unspecified atom stereocenters. The predicted molar refractivity (Wildman–Crippen MR) is 40.2 cm³/mol. The van der Waals surface area contributed by atoms with E-state index in [-0.39, 0.29) is 6.10 Å². The summed E-state index contributed by atoms with van der Waals surface area (Å²) in [6, 6.07) is 1.94. The summed E-state index contributed by atoms with van der Waals surface area (Å²) in [6.45, 7) is 1.26. The first-order chi connectivity index (χ1) is 5.42. The number of nitrogens with two attached hydrogens (primary N) is 1. The SMILES string of the molecule is NCC1OCCc2occc21. The van der Waals surface area contributed by atoms with Crippen LogP contribution < -0.4 is 5.73 Å². The number of hydrogen-bond acceptors (Lipinski definition) is 3. The molecule has 1 aromatic heterocycles. The lowest BCUT2D eigenvalue weighted by atomic mass is 10.1. The molecule has 1 atom stereocenters. The van der Waals surface area contributed by atoms with Gasteiger partial charge >= 0.3 is 0 Å². The zero-order valence-corrected chi connectivity index (χ0v) is 6.25. The molecule has 0 spiro atoms. The summed E-state index contributed by atoms with van der Waals surface area (Å²) in [6.07, 6.45) is 2.62. The molecule has 3 heteroatoms. The second kappa shape index (κ2) is 2.68. The number of fused-ring (bicyclic) bond motifs is 1. The van der Waals surface area contributed by atoms with E-state index in [2.05, 4.69) is 0 Å². The summed E-state index contributed by atoms with van der Waals surface area (Å²) in [5, 5.41) is 0. The van der Waals surface area contributed by atoms with Crippen molar-refractivity contribution in [2.45, 2.75) is 12.5 Å². The standard InChI is InChI=1S/C8H11NO2/c9-5-8-6-1-3-10-7(6)2-4-11-8/h1,3,8H,2,4-5,9H2. The van der Waals surface area contributed by atoms with E-state index in [4.69, 9.17) is 14.9 Å². The molecule has 2 heterocycles. The molecule has 1 aliphatic heterocycles. The zero-order chi connectivity index (χ0) is 7.68. The van der Waals surface area contributed by atoms with Crippen LogP contribution >= 0.6 is 0 Å². The number of furan rings is 1. The van der Waals surface area contributed by atoms with Crippen molar-refractivity contribution in [2.75, 3.05) is 13.2 Å². The van der Waals surface area contributed by atoms with Crippen LogP contribution in [-0.4, -0.2) is 13.2 Å². The van der Waals surface area contributed by atoms with Crippen molar-refractivity contribution in [3.05, 3.63) is 23.7 Å². The number of rotatable bonds is 1. The highest BCUT2D eigenvalue weighted by atomic mass is 16.5. The summed E-state index contributed by atoms with van der Waals surface area (Å²) in [7, 11) is 0. The Balaban J connectivity index is 2.32. The Morgan fingerprint density at radius 1 is 1.64 bits per heavy atom. The summed E-state index contributed by atoms with van der Waals surface area (Å²) in [4.78, 5) is 0. The minimum atomic E-state index is 0.0532. The summed E-state index contributed by atoms with van der Waals surface area (Å²) in [5.41, 5.74) is 6.63. The molecule has 2 N–H and O–H groups in total. The van der Waals surface area contributed by atoms with Gasteiger partial charge in [-0.1, -0.05) is 0 Å². The molecule has 0 amide bonds. The van der Waals surface area contributed by atoms with E-state index in [0.29, 0.717) is 6.54 Å². The molecule has 0 fully saturated rings. The lowest BCUT2D eigenvalue weighted by Gasteiger charge is -2.20. The number of hydrogen-bond donors (Lipinski definition) is 1. The van der Waals surface area contributed by atoms with Crippen LogP contribution in [0.1, 0.15) is 17.4 Å². The Bertz CT molecular complexity index is 244. The van der Waals surface area contributed by atoms with Gasteiger partial charge in [0, 0.05) is 18.5 Å². The van der Waals surface area contributed by atoms with Gasteiger partial charge in [0.1, 0.15) is 5.76 Å². The van der Waals surface area contributed by atoms with Crippen molar-refractivity contribution < 1.29 is 9.15 Å². The van der Waals surface area contributed by atoms with Crippen LogP contribution in [0.25, 0.3) is 0 Å². The fourth-order valence-electron chi connectivity index (χ4n) is 1.42. The Morgan fingerprint density at radius 3 is 3.36 bits per heavy atom. The third kappa shape index (κ3) is 1.06. The average Bonchev–Trinajstić information content (AvgIpc) is 2.50. The van der Waals surface area contributed by atoms with Crippen LogP contribution in [0, 0.1) is 0 Å². The quantitative estimate of drug-likeness (QED) is 0.650. The Hall–Kier alpha value is -0.800. The van der Waals surface area contributed by atoms with Gasteiger partial charge < -0.3 is 14.9 Å². The molecule has 0 radical (unpaired) electrons. The van der Waals surface area contributed by atoms with E-state index in [1.807, 2.05) is 6.07 Å². The van der Waals surface area contributed by atoms with Crippen LogP contribution in [0.5, 0.6) is 0 Å². The maximum atomic E-state index is 5.51. The van der Waals surface area contributed by atoms with Gasteiger partial charge in [0.2, 0.25) is 0 Å². The molecule has 0 aromatic carbocycles. The van der Waals surface area contributed by atoms with Crippen molar-refractivity contribution in [3.8, 4) is 0 Å². The molecule has 3 nitrogen and oxygen atoms in total. The topological polar surface area (TPSA) is 48.4 Å². The van der Waals surface area contributed by atoms with Gasteiger partial charge in [0.15, 0.2) is 0 Å². The number of ether oxygens (including phenoxy) is 1. The third-order valence-corrected chi connectivity index (χ3v) is 1.99. The monoisotopic (exact) mass is 153 g/mol. The Labute approximate surface area is 65.1 Å². The second-order valence-corrected chi connectivity index (χ2v) is 2.64. The fraction of sp³-hybridized carbons (Fsp3) is 0.500. The van der Waals surface area contributed by atoms with Gasteiger partial charge in [0.25, 0.3) is 0 Å². The maximum absolute atomic E-state index is 5.51. The molecule has 0 aliphatic carbocycles. The van der Waals surface area contributed by atoms with Gasteiger partial charge in [-0.2, -0.15) is 0 Å². The van der Waals surface area contributed by atoms with Crippen molar-refractivity contribution in [2.24, 2.45) is 5.73 Å². The van der Waals surface area contributed by atoms with E-state index in [1.165, 1.54) is 0 Å². The molecule has 1 aromatic rings. The van der Waals surface area contributed by atoms with Crippen LogP contribution in [0.15, 0.2) is 16.7 Å². The third-order valence-electron chi connectivity index (χ3n) is 1.99. The normalized spacial score (nSPS) is 23.2. The van der Waals surface area contributed by atoms with Crippen molar-refractivity contribution in [1.29, 1.82) is 0 Å². The van der Waals surface area contributed by atoms with Crippen molar-refractivity contribution >= 4 is 0 Å². The first-order valence-electron chi connectivity index (χ1n) is 3.79. The maximum Gasteiger partial charge on any atom is 0.111 e. The average molecular weight is 153 g/mol. The van der Waals surface area contributed by atoms with Crippen LogP contribution in [-0.2, 0) is 11.2 Å². The van der Waals surface area contributed by atoms with E-state index in [0.717, 1.165) is 24.4 Å². The summed E-state index contributed by atoms with van der Waals surface area (Å²) in [5.74, 6) is 1.03. The molecule has 0 saturated carbocycles. The molecule has 0 bridgehead atoms. The van der Waals surface area contributed by atoms with Crippen LogP contribution in [0.2, 0.25) is 0 Å². The minimum absolute atomic E-state index is 0.0532. The lowest BCUT2D eigenvalue weighted by Crippen LogP contribution is -2.21. The Morgan fingerprint density at radius 2 is 2.55 bits per heavy atom. The van der Waals surface area contributed by atoms with Gasteiger partial charge in [-0.25, -0.2) is 0 Å². The zero-order valence-electron chi connectivity index (χ0n) is 6.25. The molecule has 60 valence electrons. The van der Waals surface area contributed by atoms with Crippen molar-refractivity contribution in [3.63, 3.8) is 0 Å². The van der Waals surface area contributed by atoms with Crippen LogP contribution in [0.4, 0.5) is 0 Å². The van der Waals surface area contributed by atoms with Gasteiger partial charge in [-0.15, -0.1) is 0 Å². The summed E-state index contributed by atoms with van der Waals surface area (Å²) >= 11 is 0. The highest BCUT2D eigenvalue weighted by Gasteiger charge is 2.21. The molecule has 0 saturated heterocycles. The fourth-order valence-corrected chi connectivity index (χ4v) is 1.42.